The number of aromatic nitrogens is 1. The molecule has 3 heterocycles. The van der Waals surface area contributed by atoms with E-state index >= 15 is 0 Å². The Labute approximate surface area is 116 Å². The van der Waals surface area contributed by atoms with Crippen molar-refractivity contribution in [3.63, 3.8) is 0 Å². The number of nitrogens with zero attached hydrogens (tertiary/aromatic N) is 2. The van der Waals surface area contributed by atoms with Gasteiger partial charge in [0.25, 0.3) is 0 Å². The monoisotopic (exact) mass is 259 g/mol. The molecule has 0 amide bonds. The number of hydrogen-bond donors (Lipinski definition) is 1. The highest BCUT2D eigenvalue weighted by Gasteiger charge is 2.40. The van der Waals surface area contributed by atoms with E-state index in [1.165, 1.54) is 36.8 Å². The molecule has 2 atom stereocenters. The van der Waals surface area contributed by atoms with Gasteiger partial charge in [-0.1, -0.05) is 6.92 Å². The maximum atomic E-state index is 4.29. The van der Waals surface area contributed by atoms with Crippen molar-refractivity contribution in [3.05, 3.63) is 29.6 Å². The molecule has 2 saturated heterocycles. The van der Waals surface area contributed by atoms with Crippen molar-refractivity contribution in [2.75, 3.05) is 6.54 Å². The van der Waals surface area contributed by atoms with Crippen molar-refractivity contribution in [2.45, 2.75) is 64.2 Å². The molecule has 3 heteroatoms. The van der Waals surface area contributed by atoms with Crippen LogP contribution < -0.4 is 5.32 Å². The number of aryl methyl sites for hydroxylation is 1. The van der Waals surface area contributed by atoms with Crippen molar-refractivity contribution in [1.82, 2.24) is 15.2 Å². The second-order valence-electron chi connectivity index (χ2n) is 6.09. The van der Waals surface area contributed by atoms with E-state index in [0.29, 0.717) is 0 Å². The number of hydrogen-bond acceptors (Lipinski definition) is 3. The Morgan fingerprint density at radius 2 is 2.05 bits per heavy atom. The number of fused-ring (bicyclic) bond motifs is 2. The van der Waals surface area contributed by atoms with E-state index in [1.54, 1.807) is 0 Å². The first kappa shape index (κ1) is 13.1. The summed E-state index contributed by atoms with van der Waals surface area (Å²) in [6, 6.07) is 4.43. The summed E-state index contributed by atoms with van der Waals surface area (Å²) < 4.78 is 0. The Morgan fingerprint density at radius 1 is 1.32 bits per heavy atom. The average Bonchev–Trinajstić information content (AvgIpc) is 2.64. The molecule has 0 aromatic carbocycles. The van der Waals surface area contributed by atoms with Gasteiger partial charge in [-0.15, -0.1) is 0 Å². The highest BCUT2D eigenvalue weighted by molar-refractivity contribution is 5.22. The summed E-state index contributed by atoms with van der Waals surface area (Å²) in [6.07, 6.45) is 9.35. The van der Waals surface area contributed by atoms with Gasteiger partial charge in [-0.25, -0.2) is 0 Å². The highest BCUT2D eigenvalue weighted by atomic mass is 15.2. The first-order valence-corrected chi connectivity index (χ1v) is 7.66. The normalized spacial score (nSPS) is 30.7. The number of rotatable bonds is 4. The van der Waals surface area contributed by atoms with Gasteiger partial charge < -0.3 is 5.32 Å². The molecule has 0 aliphatic carbocycles. The van der Waals surface area contributed by atoms with Crippen LogP contribution in [0.1, 0.15) is 43.7 Å². The fourth-order valence-electron chi connectivity index (χ4n) is 3.85. The Bertz CT molecular complexity index is 418. The lowest BCUT2D eigenvalue weighted by Crippen LogP contribution is -2.48. The SMILES string of the molecule is CCNC1CC2CCC(C1)N2Cc1cnccc1C. The van der Waals surface area contributed by atoms with Crippen LogP contribution in [0.25, 0.3) is 0 Å². The van der Waals surface area contributed by atoms with Gasteiger partial charge in [-0.3, -0.25) is 9.88 Å². The molecule has 0 spiro atoms. The zero-order chi connectivity index (χ0) is 13.2. The van der Waals surface area contributed by atoms with Crippen LogP contribution in [-0.2, 0) is 6.54 Å². The molecule has 2 bridgehead atoms. The van der Waals surface area contributed by atoms with E-state index in [2.05, 4.69) is 35.1 Å². The summed E-state index contributed by atoms with van der Waals surface area (Å²) in [4.78, 5) is 7.02. The molecule has 2 fully saturated rings. The van der Waals surface area contributed by atoms with Crippen LogP contribution in [0, 0.1) is 6.92 Å². The van der Waals surface area contributed by atoms with Crippen LogP contribution in [0.3, 0.4) is 0 Å². The zero-order valence-electron chi connectivity index (χ0n) is 12.1. The standard InChI is InChI=1S/C16H25N3/c1-3-18-14-8-15-4-5-16(9-14)19(15)11-13-10-17-7-6-12(13)2/h6-7,10,14-16,18H,3-5,8-9,11H2,1-2H3. The molecule has 1 aromatic rings. The first-order valence-electron chi connectivity index (χ1n) is 7.66. The molecule has 1 aromatic heterocycles. The summed E-state index contributed by atoms with van der Waals surface area (Å²) in [7, 11) is 0. The molecular formula is C16H25N3. The highest BCUT2D eigenvalue weighted by Crippen LogP contribution is 2.36. The summed E-state index contributed by atoms with van der Waals surface area (Å²) in [5, 5.41) is 3.64. The van der Waals surface area contributed by atoms with Gasteiger partial charge in [0.15, 0.2) is 0 Å². The predicted molar refractivity (Wildman–Crippen MR) is 78.0 cm³/mol. The number of piperidine rings is 1. The molecule has 1 N–H and O–H groups in total. The molecule has 19 heavy (non-hydrogen) atoms. The maximum absolute atomic E-state index is 4.29. The van der Waals surface area contributed by atoms with Crippen LogP contribution in [0.5, 0.6) is 0 Å². The van der Waals surface area contributed by atoms with E-state index in [-0.39, 0.29) is 0 Å². The smallest absolute Gasteiger partial charge is 0.0315 e. The summed E-state index contributed by atoms with van der Waals surface area (Å²) >= 11 is 0. The second-order valence-corrected chi connectivity index (χ2v) is 6.09. The third-order valence-electron chi connectivity index (χ3n) is 4.88. The van der Waals surface area contributed by atoms with Crippen molar-refractivity contribution < 1.29 is 0 Å². The lowest BCUT2D eigenvalue weighted by atomic mass is 9.96. The fourth-order valence-corrected chi connectivity index (χ4v) is 3.85. The molecule has 0 saturated carbocycles. The topological polar surface area (TPSA) is 28.2 Å². The van der Waals surface area contributed by atoms with Crippen molar-refractivity contribution in [1.29, 1.82) is 0 Å². The minimum atomic E-state index is 0.744. The molecule has 2 unspecified atom stereocenters. The zero-order valence-corrected chi connectivity index (χ0v) is 12.1. The van der Waals surface area contributed by atoms with Gasteiger partial charge >= 0.3 is 0 Å². The van der Waals surface area contributed by atoms with Crippen LogP contribution in [0.4, 0.5) is 0 Å². The van der Waals surface area contributed by atoms with Gasteiger partial charge in [0.05, 0.1) is 0 Å². The van der Waals surface area contributed by atoms with Gasteiger partial charge in [0, 0.05) is 37.1 Å². The van der Waals surface area contributed by atoms with E-state index in [1.807, 2.05) is 12.4 Å². The summed E-state index contributed by atoms with van der Waals surface area (Å²) in [5.74, 6) is 0. The van der Waals surface area contributed by atoms with E-state index in [0.717, 1.165) is 31.2 Å². The summed E-state index contributed by atoms with van der Waals surface area (Å²) in [5.41, 5.74) is 2.78. The number of pyridine rings is 1. The molecule has 0 radical (unpaired) electrons. The van der Waals surface area contributed by atoms with E-state index < -0.39 is 0 Å². The molecule has 3 nitrogen and oxygen atoms in total. The predicted octanol–water partition coefficient (Wildman–Crippen LogP) is 2.49. The summed E-state index contributed by atoms with van der Waals surface area (Å²) in [6.45, 7) is 6.61. The Balaban J connectivity index is 1.69. The molecule has 104 valence electrons. The van der Waals surface area contributed by atoms with Crippen molar-refractivity contribution in [3.8, 4) is 0 Å². The first-order chi connectivity index (χ1) is 9.28. The lowest BCUT2D eigenvalue weighted by molar-refractivity contribution is 0.109. The Hall–Kier alpha value is -0.930. The van der Waals surface area contributed by atoms with Crippen LogP contribution in [-0.4, -0.2) is 34.6 Å². The minimum Gasteiger partial charge on any atom is -0.314 e. The van der Waals surface area contributed by atoms with Crippen LogP contribution >= 0.6 is 0 Å². The third kappa shape index (κ3) is 2.67. The van der Waals surface area contributed by atoms with Crippen molar-refractivity contribution in [2.24, 2.45) is 0 Å². The largest absolute Gasteiger partial charge is 0.314 e. The quantitative estimate of drug-likeness (QED) is 0.900. The van der Waals surface area contributed by atoms with Gasteiger partial charge in [0.1, 0.15) is 0 Å². The minimum absolute atomic E-state index is 0.744. The van der Waals surface area contributed by atoms with E-state index in [4.69, 9.17) is 0 Å². The van der Waals surface area contributed by atoms with Crippen LogP contribution in [0.2, 0.25) is 0 Å². The van der Waals surface area contributed by atoms with Gasteiger partial charge in [-0.05, 0) is 56.3 Å². The number of nitrogens with one attached hydrogen (secondary N) is 1. The fraction of sp³-hybridized carbons (Fsp3) is 0.688. The average molecular weight is 259 g/mol. The lowest BCUT2D eigenvalue weighted by Gasteiger charge is -2.39. The molecular weight excluding hydrogens is 234 g/mol. The van der Waals surface area contributed by atoms with Crippen molar-refractivity contribution >= 4 is 0 Å². The molecule has 2 aliphatic rings. The third-order valence-corrected chi connectivity index (χ3v) is 4.88. The molecule has 2 aliphatic heterocycles. The second kappa shape index (κ2) is 5.59. The Kier molecular flexibility index (Phi) is 3.85. The van der Waals surface area contributed by atoms with Gasteiger partial charge in [0.2, 0.25) is 0 Å². The Morgan fingerprint density at radius 3 is 2.68 bits per heavy atom. The van der Waals surface area contributed by atoms with E-state index in [9.17, 15) is 0 Å². The maximum Gasteiger partial charge on any atom is 0.0315 e. The molecule has 3 rings (SSSR count). The van der Waals surface area contributed by atoms with Gasteiger partial charge in [-0.2, -0.15) is 0 Å². The van der Waals surface area contributed by atoms with Crippen LogP contribution in [0.15, 0.2) is 18.5 Å².